The zero-order valence-electron chi connectivity index (χ0n) is 15.0. The second-order valence-electron chi connectivity index (χ2n) is 7.36. The molecule has 3 nitrogen and oxygen atoms in total. The fourth-order valence-corrected chi connectivity index (χ4v) is 8.02. The third kappa shape index (κ3) is 3.46. The van der Waals surface area contributed by atoms with E-state index in [1.807, 2.05) is 12.1 Å². The predicted octanol–water partition coefficient (Wildman–Crippen LogP) is 3.05. The Balaban J connectivity index is 2.09. The fraction of sp³-hybridized carbons (Fsp3) is 0.286. The standard InChI is InChI=1S/C21H24O3Si/c1-21(2,3)25(18-10-6-4-7-11-18,19-12-8-5-9-13-19)24-16-17-14-20(22)23-15-17/h4-14H,15-16H2,1-3H3. The average molecular weight is 353 g/mol. The molecule has 4 heteroatoms. The number of cyclic esters (lactones) is 1. The van der Waals surface area contributed by atoms with Gasteiger partial charge >= 0.3 is 5.97 Å². The highest BCUT2D eigenvalue weighted by Crippen LogP contribution is 2.37. The van der Waals surface area contributed by atoms with Crippen molar-refractivity contribution in [2.24, 2.45) is 0 Å². The summed E-state index contributed by atoms with van der Waals surface area (Å²) in [6.07, 6.45) is 1.55. The molecule has 130 valence electrons. The van der Waals surface area contributed by atoms with Crippen LogP contribution in [0.4, 0.5) is 0 Å². The molecule has 3 rings (SSSR count). The summed E-state index contributed by atoms with van der Waals surface area (Å²) in [5.74, 6) is -0.277. The van der Waals surface area contributed by atoms with Crippen molar-refractivity contribution in [3.8, 4) is 0 Å². The average Bonchev–Trinajstić information content (AvgIpc) is 3.02. The molecule has 1 heterocycles. The monoisotopic (exact) mass is 352 g/mol. The van der Waals surface area contributed by atoms with Gasteiger partial charge in [-0.15, -0.1) is 0 Å². The topological polar surface area (TPSA) is 35.5 Å². The van der Waals surface area contributed by atoms with Gasteiger partial charge < -0.3 is 9.16 Å². The molecule has 0 spiro atoms. The van der Waals surface area contributed by atoms with E-state index in [0.29, 0.717) is 13.2 Å². The minimum atomic E-state index is -2.55. The van der Waals surface area contributed by atoms with Crippen LogP contribution >= 0.6 is 0 Å². The zero-order valence-corrected chi connectivity index (χ0v) is 16.0. The maximum atomic E-state index is 11.4. The SMILES string of the molecule is CC(C)(C)[Si](OCC1=CC(=O)OC1)(c1ccccc1)c1ccccc1. The van der Waals surface area contributed by atoms with Crippen molar-refractivity contribution in [3.63, 3.8) is 0 Å². The van der Waals surface area contributed by atoms with E-state index in [-0.39, 0.29) is 11.0 Å². The summed E-state index contributed by atoms with van der Waals surface area (Å²) >= 11 is 0. The first kappa shape index (κ1) is 17.6. The van der Waals surface area contributed by atoms with E-state index in [9.17, 15) is 4.79 Å². The van der Waals surface area contributed by atoms with Crippen molar-refractivity contribution in [3.05, 3.63) is 72.3 Å². The summed E-state index contributed by atoms with van der Waals surface area (Å²) in [7, 11) is -2.55. The maximum absolute atomic E-state index is 11.4. The number of rotatable bonds is 5. The number of ether oxygens (including phenoxy) is 1. The van der Waals surface area contributed by atoms with Crippen LogP contribution in [0.1, 0.15) is 20.8 Å². The Kier molecular flexibility index (Phi) is 4.93. The van der Waals surface area contributed by atoms with Crippen molar-refractivity contribution < 1.29 is 14.0 Å². The van der Waals surface area contributed by atoms with Gasteiger partial charge in [0.15, 0.2) is 0 Å². The van der Waals surface area contributed by atoms with Crippen LogP contribution in [0.15, 0.2) is 72.3 Å². The highest BCUT2D eigenvalue weighted by atomic mass is 28.4. The molecule has 1 aliphatic rings. The Morgan fingerprint density at radius 1 is 0.960 bits per heavy atom. The van der Waals surface area contributed by atoms with Crippen molar-refractivity contribution in [1.29, 1.82) is 0 Å². The van der Waals surface area contributed by atoms with Gasteiger partial charge in [-0.2, -0.15) is 0 Å². The number of hydrogen-bond donors (Lipinski definition) is 0. The smallest absolute Gasteiger partial charge is 0.331 e. The molecular weight excluding hydrogens is 328 g/mol. The molecule has 0 fully saturated rings. The van der Waals surface area contributed by atoms with E-state index in [1.54, 1.807) is 6.08 Å². The van der Waals surface area contributed by atoms with E-state index in [1.165, 1.54) is 10.4 Å². The highest BCUT2D eigenvalue weighted by Gasteiger charge is 2.50. The van der Waals surface area contributed by atoms with Gasteiger partial charge in [0, 0.05) is 6.08 Å². The minimum Gasteiger partial charge on any atom is -0.458 e. The molecule has 0 N–H and O–H groups in total. The first-order chi connectivity index (χ1) is 11.9. The van der Waals surface area contributed by atoms with Gasteiger partial charge in [0.2, 0.25) is 0 Å². The van der Waals surface area contributed by atoms with E-state index in [4.69, 9.17) is 9.16 Å². The van der Waals surface area contributed by atoms with E-state index < -0.39 is 8.32 Å². The molecule has 0 aromatic heterocycles. The minimum absolute atomic E-state index is 0.0697. The number of carbonyl (C=O) groups excluding carboxylic acids is 1. The van der Waals surface area contributed by atoms with Crippen molar-refractivity contribution >= 4 is 24.7 Å². The van der Waals surface area contributed by atoms with E-state index in [0.717, 1.165) is 5.57 Å². The lowest BCUT2D eigenvalue weighted by molar-refractivity contribution is -0.134. The molecule has 2 aromatic carbocycles. The van der Waals surface area contributed by atoms with Crippen LogP contribution in [-0.2, 0) is 14.0 Å². The number of carbonyl (C=O) groups is 1. The zero-order chi connectivity index (χ0) is 17.9. The molecular formula is C21H24O3Si. The largest absolute Gasteiger partial charge is 0.458 e. The second-order valence-corrected chi connectivity index (χ2v) is 11.7. The van der Waals surface area contributed by atoms with Crippen LogP contribution in [-0.4, -0.2) is 27.5 Å². The van der Waals surface area contributed by atoms with Crippen molar-refractivity contribution in [2.45, 2.75) is 25.8 Å². The van der Waals surface area contributed by atoms with Crippen LogP contribution in [0.3, 0.4) is 0 Å². The van der Waals surface area contributed by atoms with Gasteiger partial charge in [0.05, 0.1) is 6.61 Å². The van der Waals surface area contributed by atoms with Crippen LogP contribution in [0, 0.1) is 0 Å². The molecule has 0 radical (unpaired) electrons. The maximum Gasteiger partial charge on any atom is 0.331 e. The summed E-state index contributed by atoms with van der Waals surface area (Å²) in [5.41, 5.74) is 0.901. The molecule has 0 atom stereocenters. The van der Waals surface area contributed by atoms with Gasteiger partial charge in [-0.25, -0.2) is 4.79 Å². The number of hydrogen-bond acceptors (Lipinski definition) is 3. The number of benzene rings is 2. The van der Waals surface area contributed by atoms with E-state index in [2.05, 4.69) is 69.3 Å². The Hall–Kier alpha value is -2.17. The Morgan fingerprint density at radius 2 is 1.48 bits per heavy atom. The Bertz CT molecular complexity index is 721. The lowest BCUT2D eigenvalue weighted by Gasteiger charge is -2.43. The van der Waals surface area contributed by atoms with Gasteiger partial charge in [-0.1, -0.05) is 81.4 Å². The highest BCUT2D eigenvalue weighted by molar-refractivity contribution is 6.99. The van der Waals surface area contributed by atoms with Crippen LogP contribution in [0.2, 0.25) is 5.04 Å². The Morgan fingerprint density at radius 3 is 1.88 bits per heavy atom. The molecule has 0 bridgehead atoms. The first-order valence-electron chi connectivity index (χ1n) is 8.55. The van der Waals surface area contributed by atoms with Crippen LogP contribution in [0.5, 0.6) is 0 Å². The lowest BCUT2D eigenvalue weighted by atomic mass is 10.2. The van der Waals surface area contributed by atoms with Gasteiger partial charge in [-0.3, -0.25) is 0 Å². The second kappa shape index (κ2) is 6.98. The third-order valence-electron chi connectivity index (χ3n) is 4.61. The van der Waals surface area contributed by atoms with Gasteiger partial charge in [0.1, 0.15) is 6.61 Å². The molecule has 1 aliphatic heterocycles. The van der Waals surface area contributed by atoms with Crippen LogP contribution in [0.25, 0.3) is 0 Å². The first-order valence-corrected chi connectivity index (χ1v) is 10.5. The quantitative estimate of drug-likeness (QED) is 0.613. The molecule has 0 aliphatic carbocycles. The molecule has 0 saturated carbocycles. The fourth-order valence-electron chi connectivity index (χ4n) is 3.46. The number of esters is 1. The third-order valence-corrected chi connectivity index (χ3v) is 9.60. The molecule has 0 unspecified atom stereocenters. The predicted molar refractivity (Wildman–Crippen MR) is 103 cm³/mol. The molecule has 0 amide bonds. The summed E-state index contributed by atoms with van der Waals surface area (Å²) in [4.78, 5) is 11.4. The molecule has 0 saturated heterocycles. The molecule has 25 heavy (non-hydrogen) atoms. The lowest BCUT2D eigenvalue weighted by Crippen LogP contribution is -2.66. The summed E-state index contributed by atoms with van der Waals surface area (Å²) < 4.78 is 11.8. The Labute approximate surface area is 150 Å². The van der Waals surface area contributed by atoms with E-state index >= 15 is 0 Å². The van der Waals surface area contributed by atoms with Crippen molar-refractivity contribution in [1.82, 2.24) is 0 Å². The summed E-state index contributed by atoms with van der Waals surface area (Å²) in [5, 5.41) is 2.40. The van der Waals surface area contributed by atoms with Crippen LogP contribution < -0.4 is 10.4 Å². The normalized spacial score (nSPS) is 15.0. The van der Waals surface area contributed by atoms with Gasteiger partial charge in [-0.05, 0) is 21.0 Å². The summed E-state index contributed by atoms with van der Waals surface area (Å²) in [6, 6.07) is 21.0. The van der Waals surface area contributed by atoms with Gasteiger partial charge in [0.25, 0.3) is 8.32 Å². The molecule has 2 aromatic rings. The summed E-state index contributed by atoms with van der Waals surface area (Å²) in [6.45, 7) is 7.47. The van der Waals surface area contributed by atoms with Crippen molar-refractivity contribution in [2.75, 3.05) is 13.2 Å².